The third kappa shape index (κ3) is 3.63. The molecule has 4 aromatic carbocycles. The Balaban J connectivity index is 1.66. The van der Waals surface area contributed by atoms with E-state index in [0.29, 0.717) is 5.57 Å². The average molecular weight is 482 g/mol. The van der Waals surface area contributed by atoms with E-state index < -0.39 is 0 Å². The van der Waals surface area contributed by atoms with Crippen LogP contribution in [0.5, 0.6) is 5.75 Å². The standard InChI is InChI=1S/C28H20BrNO2/c1-32-27-15-14-19(17-24(27)29)16-22-18-26(21-9-3-2-4-10-21)30(28(22)31)25-13-7-11-20-8-5-6-12-23(20)25/h2-18H,1H3/b22-16+. The van der Waals surface area contributed by atoms with Gasteiger partial charge in [0, 0.05) is 11.0 Å². The highest BCUT2D eigenvalue weighted by atomic mass is 79.9. The minimum atomic E-state index is -0.0489. The highest BCUT2D eigenvalue weighted by Gasteiger charge is 2.31. The molecule has 0 atom stereocenters. The van der Waals surface area contributed by atoms with Gasteiger partial charge < -0.3 is 4.74 Å². The first-order valence-corrected chi connectivity index (χ1v) is 11.1. The van der Waals surface area contributed by atoms with E-state index in [4.69, 9.17) is 4.74 Å². The van der Waals surface area contributed by atoms with Gasteiger partial charge in [0.05, 0.1) is 23.0 Å². The predicted octanol–water partition coefficient (Wildman–Crippen LogP) is 7.08. The summed E-state index contributed by atoms with van der Waals surface area (Å²) in [5, 5.41) is 2.14. The molecule has 0 aliphatic carbocycles. The van der Waals surface area contributed by atoms with Crippen LogP contribution in [0.2, 0.25) is 0 Å². The van der Waals surface area contributed by atoms with Crippen LogP contribution >= 0.6 is 15.9 Å². The lowest BCUT2D eigenvalue weighted by Crippen LogP contribution is -2.25. The van der Waals surface area contributed by atoms with Gasteiger partial charge in [-0.3, -0.25) is 9.69 Å². The van der Waals surface area contributed by atoms with Crippen molar-refractivity contribution >= 4 is 50.1 Å². The van der Waals surface area contributed by atoms with E-state index in [9.17, 15) is 4.79 Å². The number of rotatable bonds is 4. The highest BCUT2D eigenvalue weighted by molar-refractivity contribution is 9.10. The molecule has 0 radical (unpaired) electrons. The number of benzene rings is 4. The Morgan fingerprint density at radius 3 is 2.41 bits per heavy atom. The van der Waals surface area contributed by atoms with Gasteiger partial charge in [-0.15, -0.1) is 0 Å². The Morgan fingerprint density at radius 1 is 0.875 bits per heavy atom. The van der Waals surface area contributed by atoms with Gasteiger partial charge in [-0.05, 0) is 62.8 Å². The van der Waals surface area contributed by atoms with Crippen LogP contribution in [0.3, 0.4) is 0 Å². The van der Waals surface area contributed by atoms with E-state index in [1.807, 2.05) is 89.8 Å². The lowest BCUT2D eigenvalue weighted by molar-refractivity contribution is -0.113. The van der Waals surface area contributed by atoms with E-state index in [1.54, 1.807) is 7.11 Å². The molecular formula is C28H20BrNO2. The molecule has 32 heavy (non-hydrogen) atoms. The number of carbonyl (C=O) groups is 1. The van der Waals surface area contributed by atoms with Crippen LogP contribution in [0.25, 0.3) is 22.5 Å². The Kier molecular flexibility index (Phi) is 5.38. The Hall–Kier alpha value is -3.63. The van der Waals surface area contributed by atoms with E-state index in [2.05, 4.69) is 34.1 Å². The number of carbonyl (C=O) groups excluding carboxylic acids is 1. The maximum atomic E-state index is 13.7. The minimum Gasteiger partial charge on any atom is -0.496 e. The summed E-state index contributed by atoms with van der Waals surface area (Å²) >= 11 is 3.53. The van der Waals surface area contributed by atoms with Crippen LogP contribution in [-0.4, -0.2) is 13.0 Å². The highest BCUT2D eigenvalue weighted by Crippen LogP contribution is 2.39. The van der Waals surface area contributed by atoms with Crippen LogP contribution in [0.4, 0.5) is 5.69 Å². The monoisotopic (exact) mass is 481 g/mol. The second-order valence-corrected chi connectivity index (χ2v) is 8.38. The lowest BCUT2D eigenvalue weighted by atomic mass is 10.1. The summed E-state index contributed by atoms with van der Waals surface area (Å²) in [4.78, 5) is 15.5. The van der Waals surface area contributed by atoms with Crippen molar-refractivity contribution in [2.75, 3.05) is 12.0 Å². The first-order chi connectivity index (χ1) is 15.7. The molecular weight excluding hydrogens is 462 g/mol. The largest absolute Gasteiger partial charge is 0.496 e. The molecule has 1 aliphatic heterocycles. The summed E-state index contributed by atoms with van der Waals surface area (Å²) in [6.45, 7) is 0. The van der Waals surface area contributed by atoms with Crippen LogP contribution in [-0.2, 0) is 4.79 Å². The Labute approximate surface area is 195 Å². The fraction of sp³-hybridized carbons (Fsp3) is 0.0357. The fourth-order valence-corrected chi connectivity index (χ4v) is 4.59. The summed E-state index contributed by atoms with van der Waals surface area (Å²) < 4.78 is 6.17. The van der Waals surface area contributed by atoms with Crippen LogP contribution < -0.4 is 9.64 Å². The summed E-state index contributed by atoms with van der Waals surface area (Å²) in [5.74, 6) is 0.704. The number of nitrogens with zero attached hydrogens (tertiary/aromatic N) is 1. The number of hydrogen-bond acceptors (Lipinski definition) is 2. The molecule has 0 fully saturated rings. The van der Waals surface area contributed by atoms with Crippen molar-refractivity contribution in [1.82, 2.24) is 0 Å². The predicted molar refractivity (Wildman–Crippen MR) is 135 cm³/mol. The Bertz CT molecular complexity index is 1380. The molecule has 0 saturated heterocycles. The Morgan fingerprint density at radius 2 is 1.62 bits per heavy atom. The molecule has 5 rings (SSSR count). The normalized spacial score (nSPS) is 14.8. The maximum absolute atomic E-state index is 13.7. The average Bonchev–Trinajstić information content (AvgIpc) is 3.15. The van der Waals surface area contributed by atoms with Gasteiger partial charge in [0.1, 0.15) is 5.75 Å². The van der Waals surface area contributed by atoms with Crippen molar-refractivity contribution in [3.05, 3.63) is 118 Å². The SMILES string of the molecule is COc1ccc(/C=C2\C=C(c3ccccc3)N(c3cccc4ccccc34)C2=O)cc1Br. The third-order valence-electron chi connectivity index (χ3n) is 5.56. The van der Waals surface area contributed by atoms with Crippen LogP contribution in [0, 0.1) is 0 Å². The number of hydrogen-bond donors (Lipinski definition) is 0. The molecule has 0 aromatic heterocycles. The zero-order valence-electron chi connectivity index (χ0n) is 17.5. The molecule has 1 aliphatic rings. The van der Waals surface area contributed by atoms with Gasteiger partial charge in [-0.2, -0.15) is 0 Å². The summed E-state index contributed by atoms with van der Waals surface area (Å²) in [7, 11) is 1.63. The van der Waals surface area contributed by atoms with Crippen molar-refractivity contribution in [1.29, 1.82) is 0 Å². The van der Waals surface area contributed by atoms with E-state index in [-0.39, 0.29) is 5.91 Å². The molecule has 4 heteroatoms. The molecule has 0 saturated carbocycles. The first-order valence-electron chi connectivity index (χ1n) is 10.3. The maximum Gasteiger partial charge on any atom is 0.262 e. The smallest absolute Gasteiger partial charge is 0.262 e. The number of amides is 1. The number of ether oxygens (including phenoxy) is 1. The van der Waals surface area contributed by atoms with E-state index in [1.165, 1.54) is 0 Å². The topological polar surface area (TPSA) is 29.5 Å². The quantitative estimate of drug-likeness (QED) is 0.291. The molecule has 1 amide bonds. The van der Waals surface area contributed by atoms with Gasteiger partial charge in [0.2, 0.25) is 0 Å². The van der Waals surface area contributed by atoms with Crippen LogP contribution in [0.1, 0.15) is 11.1 Å². The van der Waals surface area contributed by atoms with Crippen LogP contribution in [0.15, 0.2) is 107 Å². The summed E-state index contributed by atoms with van der Waals surface area (Å²) in [6, 6.07) is 30.0. The summed E-state index contributed by atoms with van der Waals surface area (Å²) in [5.41, 5.74) is 4.29. The lowest BCUT2D eigenvalue weighted by Gasteiger charge is -2.22. The van der Waals surface area contributed by atoms with Gasteiger partial charge >= 0.3 is 0 Å². The number of halogens is 1. The molecule has 3 nitrogen and oxygen atoms in total. The van der Waals surface area contributed by atoms with Gasteiger partial charge in [-0.25, -0.2) is 0 Å². The van der Waals surface area contributed by atoms with E-state index >= 15 is 0 Å². The zero-order chi connectivity index (χ0) is 22.1. The summed E-state index contributed by atoms with van der Waals surface area (Å²) in [6.07, 6.45) is 3.89. The molecule has 1 heterocycles. The van der Waals surface area contributed by atoms with Gasteiger partial charge in [0.25, 0.3) is 5.91 Å². The van der Waals surface area contributed by atoms with Crippen molar-refractivity contribution in [3.63, 3.8) is 0 Å². The fourth-order valence-electron chi connectivity index (χ4n) is 4.03. The molecule has 0 spiro atoms. The number of methoxy groups -OCH3 is 1. The van der Waals surface area contributed by atoms with Crippen molar-refractivity contribution in [2.45, 2.75) is 0 Å². The first kappa shape index (κ1) is 20.3. The minimum absolute atomic E-state index is 0.0489. The van der Waals surface area contributed by atoms with Gasteiger partial charge in [-0.1, -0.05) is 72.8 Å². The zero-order valence-corrected chi connectivity index (χ0v) is 19.0. The number of anilines is 1. The van der Waals surface area contributed by atoms with Crippen molar-refractivity contribution in [2.24, 2.45) is 0 Å². The molecule has 4 aromatic rings. The van der Waals surface area contributed by atoms with E-state index in [0.717, 1.165) is 43.5 Å². The number of fused-ring (bicyclic) bond motifs is 1. The third-order valence-corrected chi connectivity index (χ3v) is 6.18. The van der Waals surface area contributed by atoms with Crippen molar-refractivity contribution < 1.29 is 9.53 Å². The van der Waals surface area contributed by atoms with Gasteiger partial charge in [0.15, 0.2) is 0 Å². The molecule has 0 unspecified atom stereocenters. The second-order valence-electron chi connectivity index (χ2n) is 7.53. The second kappa shape index (κ2) is 8.48. The molecule has 156 valence electrons. The molecule has 0 N–H and O–H groups in total. The molecule has 0 bridgehead atoms. The van der Waals surface area contributed by atoms with Crippen molar-refractivity contribution in [3.8, 4) is 5.75 Å².